The molecule has 3 rings (SSSR count). The van der Waals surface area contributed by atoms with Crippen LogP contribution in [0.2, 0.25) is 0 Å². The number of anilines is 1. The number of hydrogen-bond acceptors (Lipinski definition) is 5. The van der Waals surface area contributed by atoms with Crippen LogP contribution in [-0.2, 0) is 9.53 Å². The fourth-order valence-electron chi connectivity index (χ4n) is 2.54. The van der Waals surface area contributed by atoms with Crippen molar-refractivity contribution in [1.82, 2.24) is 0 Å². The maximum atomic E-state index is 13.0. The molecule has 0 bridgehead atoms. The van der Waals surface area contributed by atoms with Crippen molar-refractivity contribution in [2.45, 2.75) is 13.0 Å². The monoisotopic (exact) mass is 443 g/mol. The van der Waals surface area contributed by atoms with Crippen LogP contribution in [-0.4, -0.2) is 18.5 Å². The first-order valence-electron chi connectivity index (χ1n) is 8.62. The number of halogens is 1. The molecular weight excluding hydrogens is 426 g/mol. The molecule has 0 saturated heterocycles. The van der Waals surface area contributed by atoms with Crippen molar-refractivity contribution in [3.8, 4) is 5.75 Å². The molecule has 0 unspecified atom stereocenters. The van der Waals surface area contributed by atoms with Gasteiger partial charge in [0.05, 0.1) is 12.3 Å². The third-order valence-corrected chi connectivity index (χ3v) is 4.21. The number of ether oxygens (including phenoxy) is 2. The summed E-state index contributed by atoms with van der Waals surface area (Å²) >= 11 is 3.14. The van der Waals surface area contributed by atoms with Crippen molar-refractivity contribution >= 4 is 33.5 Å². The van der Waals surface area contributed by atoms with Gasteiger partial charge >= 0.3 is 5.97 Å². The molecule has 0 spiro atoms. The first kappa shape index (κ1) is 19.7. The Hall–Kier alpha value is -3.06. The van der Waals surface area contributed by atoms with Gasteiger partial charge in [-0.1, -0.05) is 42.5 Å². The van der Waals surface area contributed by atoms with E-state index in [0.717, 1.165) is 0 Å². The van der Waals surface area contributed by atoms with E-state index in [-0.39, 0.29) is 5.76 Å². The summed E-state index contributed by atoms with van der Waals surface area (Å²) in [5.41, 5.74) is 1.03. The Morgan fingerprint density at radius 3 is 2.43 bits per heavy atom. The summed E-state index contributed by atoms with van der Waals surface area (Å²) in [6.45, 7) is 2.31. The Balaban J connectivity index is 1.85. The molecule has 0 radical (unpaired) electrons. The summed E-state index contributed by atoms with van der Waals surface area (Å²) in [5.74, 6) is -0.716. The second-order valence-corrected chi connectivity index (χ2v) is 6.50. The molecule has 0 aliphatic heterocycles. The number of amides is 1. The fourth-order valence-corrected chi connectivity index (χ4v) is 2.85. The highest BCUT2D eigenvalue weighted by Gasteiger charge is 2.27. The summed E-state index contributed by atoms with van der Waals surface area (Å²) in [6, 6.07) is 18.9. The standard InChI is InChI=1S/C21H18BrNO5/c1-2-26-16-11-7-6-10-15(16)23-20(24)19(14-8-4-3-5-9-14)28-21(25)17-12-13-18(22)27-17/h3-13,19H,2H2,1H3,(H,23,24)/t19-/m1/s1. The second-order valence-electron chi connectivity index (χ2n) is 5.72. The smallest absolute Gasteiger partial charge is 0.375 e. The van der Waals surface area contributed by atoms with Crippen LogP contribution in [0, 0.1) is 0 Å². The van der Waals surface area contributed by atoms with Gasteiger partial charge in [-0.2, -0.15) is 0 Å². The van der Waals surface area contributed by atoms with Gasteiger partial charge in [0.1, 0.15) is 5.75 Å². The first-order chi connectivity index (χ1) is 13.6. The topological polar surface area (TPSA) is 77.8 Å². The highest BCUT2D eigenvalue weighted by molar-refractivity contribution is 9.10. The number of para-hydroxylation sites is 2. The van der Waals surface area contributed by atoms with E-state index in [2.05, 4.69) is 21.2 Å². The highest BCUT2D eigenvalue weighted by atomic mass is 79.9. The zero-order valence-electron chi connectivity index (χ0n) is 15.1. The van der Waals surface area contributed by atoms with E-state index in [0.29, 0.717) is 28.3 Å². The summed E-state index contributed by atoms with van der Waals surface area (Å²) in [4.78, 5) is 25.4. The van der Waals surface area contributed by atoms with Gasteiger partial charge in [-0.3, -0.25) is 4.79 Å². The van der Waals surface area contributed by atoms with Crippen molar-refractivity contribution in [1.29, 1.82) is 0 Å². The molecule has 0 aliphatic rings. The lowest BCUT2D eigenvalue weighted by molar-refractivity contribution is -0.125. The van der Waals surface area contributed by atoms with Crippen molar-refractivity contribution in [2.75, 3.05) is 11.9 Å². The molecule has 0 fully saturated rings. The molecule has 0 aliphatic carbocycles. The number of benzene rings is 2. The maximum absolute atomic E-state index is 13.0. The number of rotatable bonds is 7. The maximum Gasteiger partial charge on any atom is 0.375 e. The largest absolute Gasteiger partial charge is 0.492 e. The lowest BCUT2D eigenvalue weighted by atomic mass is 10.1. The highest BCUT2D eigenvalue weighted by Crippen LogP contribution is 2.27. The minimum atomic E-state index is -1.16. The molecule has 7 heteroatoms. The average molecular weight is 444 g/mol. The van der Waals surface area contributed by atoms with Crippen LogP contribution in [0.5, 0.6) is 5.75 Å². The van der Waals surface area contributed by atoms with Gasteiger partial charge in [0.15, 0.2) is 4.67 Å². The van der Waals surface area contributed by atoms with E-state index in [9.17, 15) is 9.59 Å². The number of hydrogen-bond donors (Lipinski definition) is 1. The molecule has 1 atom stereocenters. The Morgan fingerprint density at radius 2 is 1.75 bits per heavy atom. The van der Waals surface area contributed by atoms with Gasteiger partial charge in [0.2, 0.25) is 11.9 Å². The lowest BCUT2D eigenvalue weighted by Gasteiger charge is -2.18. The number of nitrogens with one attached hydrogen (secondary N) is 1. The SMILES string of the molecule is CCOc1ccccc1NC(=O)[C@H](OC(=O)c1ccc(Br)o1)c1ccccc1. The minimum Gasteiger partial charge on any atom is -0.492 e. The van der Waals surface area contributed by atoms with Crippen LogP contribution < -0.4 is 10.1 Å². The van der Waals surface area contributed by atoms with Crippen LogP contribution in [0.1, 0.15) is 29.1 Å². The molecule has 144 valence electrons. The first-order valence-corrected chi connectivity index (χ1v) is 9.41. The second kappa shape index (κ2) is 9.23. The zero-order chi connectivity index (χ0) is 19.9. The van der Waals surface area contributed by atoms with Gasteiger partial charge < -0.3 is 19.2 Å². The summed E-state index contributed by atoms with van der Waals surface area (Å²) in [6.07, 6.45) is -1.16. The summed E-state index contributed by atoms with van der Waals surface area (Å²) in [5, 5.41) is 2.77. The van der Waals surface area contributed by atoms with Crippen LogP contribution in [0.4, 0.5) is 5.69 Å². The van der Waals surface area contributed by atoms with Gasteiger partial charge in [-0.05, 0) is 47.1 Å². The molecule has 6 nitrogen and oxygen atoms in total. The predicted octanol–water partition coefficient (Wildman–Crippen LogP) is 4.98. The minimum absolute atomic E-state index is 0.00433. The lowest BCUT2D eigenvalue weighted by Crippen LogP contribution is -2.26. The third-order valence-electron chi connectivity index (χ3n) is 3.78. The molecule has 1 heterocycles. The molecule has 1 N–H and O–H groups in total. The summed E-state index contributed by atoms with van der Waals surface area (Å²) < 4.78 is 16.6. The van der Waals surface area contributed by atoms with Crippen LogP contribution in [0.15, 0.2) is 75.8 Å². The van der Waals surface area contributed by atoms with Gasteiger partial charge in [0.25, 0.3) is 5.91 Å². The van der Waals surface area contributed by atoms with Crippen molar-refractivity contribution in [3.63, 3.8) is 0 Å². The van der Waals surface area contributed by atoms with Crippen molar-refractivity contribution < 1.29 is 23.5 Å². The van der Waals surface area contributed by atoms with E-state index < -0.39 is 18.0 Å². The fraction of sp³-hybridized carbons (Fsp3) is 0.143. The number of furan rings is 1. The van der Waals surface area contributed by atoms with Gasteiger partial charge in [0, 0.05) is 5.56 Å². The average Bonchev–Trinajstić information content (AvgIpc) is 3.15. The van der Waals surface area contributed by atoms with E-state index in [1.54, 1.807) is 48.5 Å². The molecule has 3 aromatic rings. The van der Waals surface area contributed by atoms with Gasteiger partial charge in [-0.15, -0.1) is 0 Å². The normalized spacial score (nSPS) is 11.5. The van der Waals surface area contributed by atoms with Crippen LogP contribution >= 0.6 is 15.9 Å². The van der Waals surface area contributed by atoms with Crippen LogP contribution in [0.25, 0.3) is 0 Å². The molecule has 28 heavy (non-hydrogen) atoms. The molecule has 1 aromatic heterocycles. The number of carbonyl (C=O) groups excluding carboxylic acids is 2. The predicted molar refractivity (Wildman–Crippen MR) is 107 cm³/mol. The summed E-state index contributed by atoms with van der Waals surface area (Å²) in [7, 11) is 0. The van der Waals surface area contributed by atoms with E-state index in [1.165, 1.54) is 6.07 Å². The van der Waals surface area contributed by atoms with E-state index >= 15 is 0 Å². The Labute approximate surface area is 170 Å². The zero-order valence-corrected chi connectivity index (χ0v) is 16.6. The Kier molecular flexibility index (Phi) is 6.49. The van der Waals surface area contributed by atoms with Gasteiger partial charge in [-0.25, -0.2) is 4.79 Å². The van der Waals surface area contributed by atoms with E-state index in [1.807, 2.05) is 19.1 Å². The quantitative estimate of drug-likeness (QED) is 0.521. The van der Waals surface area contributed by atoms with E-state index in [4.69, 9.17) is 13.9 Å². The van der Waals surface area contributed by atoms with Crippen molar-refractivity contribution in [2.24, 2.45) is 0 Å². The molecule has 1 amide bonds. The van der Waals surface area contributed by atoms with Crippen LogP contribution in [0.3, 0.4) is 0 Å². The number of carbonyl (C=O) groups is 2. The Morgan fingerprint density at radius 1 is 1.04 bits per heavy atom. The number of esters is 1. The third kappa shape index (κ3) is 4.80. The molecule has 2 aromatic carbocycles. The Bertz CT molecular complexity index is 954. The molecular formula is C21H18BrNO5. The molecule has 0 saturated carbocycles. The van der Waals surface area contributed by atoms with Crippen molar-refractivity contribution in [3.05, 3.63) is 82.7 Å².